The third kappa shape index (κ3) is 4.62. The molecule has 0 aliphatic heterocycles. The minimum Gasteiger partial charge on any atom is -0.451 e. The summed E-state index contributed by atoms with van der Waals surface area (Å²) < 4.78 is 19.8. The molecule has 1 aromatic heterocycles. The normalized spacial score (nSPS) is 10.5. The van der Waals surface area contributed by atoms with Crippen LogP contribution < -0.4 is 0 Å². The largest absolute Gasteiger partial charge is 0.451 e. The first-order chi connectivity index (χ1) is 13.6. The molecule has 0 saturated carbocycles. The Labute approximate surface area is 162 Å². The van der Waals surface area contributed by atoms with Crippen molar-refractivity contribution >= 4 is 11.9 Å². The molecule has 2 aromatic carbocycles. The summed E-state index contributed by atoms with van der Waals surface area (Å²) in [4.78, 5) is 30.4. The fourth-order valence-electron chi connectivity index (χ4n) is 2.73. The molecule has 0 atom stereocenters. The SMILES string of the molecule is CCN(Cc1ccccc1)C(=O)COC(=O)c1cncn1-c1ccc(F)cc1. The van der Waals surface area contributed by atoms with Gasteiger partial charge in [0.25, 0.3) is 5.91 Å². The average molecular weight is 381 g/mol. The second kappa shape index (κ2) is 8.94. The van der Waals surface area contributed by atoms with E-state index in [-0.39, 0.29) is 24.0 Å². The van der Waals surface area contributed by atoms with Crippen LogP contribution >= 0.6 is 0 Å². The molecule has 6 nitrogen and oxygen atoms in total. The molecule has 0 spiro atoms. The monoisotopic (exact) mass is 381 g/mol. The first-order valence-electron chi connectivity index (χ1n) is 8.85. The molecule has 7 heteroatoms. The molecule has 0 radical (unpaired) electrons. The van der Waals surface area contributed by atoms with Gasteiger partial charge in [-0.15, -0.1) is 0 Å². The van der Waals surface area contributed by atoms with Crippen molar-refractivity contribution in [2.45, 2.75) is 13.5 Å². The van der Waals surface area contributed by atoms with Gasteiger partial charge in [-0.1, -0.05) is 30.3 Å². The third-order valence-electron chi connectivity index (χ3n) is 4.23. The van der Waals surface area contributed by atoms with Gasteiger partial charge in [-0.05, 0) is 36.8 Å². The molecular formula is C21H20FN3O3. The van der Waals surface area contributed by atoms with Gasteiger partial charge >= 0.3 is 5.97 Å². The molecule has 28 heavy (non-hydrogen) atoms. The number of carbonyl (C=O) groups is 2. The number of hydrogen-bond donors (Lipinski definition) is 0. The van der Waals surface area contributed by atoms with Crippen molar-refractivity contribution in [1.82, 2.24) is 14.5 Å². The Morgan fingerprint density at radius 1 is 1.11 bits per heavy atom. The molecular weight excluding hydrogens is 361 g/mol. The van der Waals surface area contributed by atoms with Gasteiger partial charge in [0.15, 0.2) is 12.3 Å². The lowest BCUT2D eigenvalue weighted by atomic mass is 10.2. The number of hydrogen-bond acceptors (Lipinski definition) is 4. The molecule has 0 aliphatic carbocycles. The Bertz CT molecular complexity index is 939. The quantitative estimate of drug-likeness (QED) is 0.590. The average Bonchev–Trinajstić information content (AvgIpc) is 3.21. The molecule has 1 heterocycles. The van der Waals surface area contributed by atoms with Gasteiger partial charge in [0, 0.05) is 18.8 Å². The van der Waals surface area contributed by atoms with Crippen molar-refractivity contribution in [3.05, 3.63) is 84.2 Å². The van der Waals surface area contributed by atoms with E-state index in [2.05, 4.69) is 4.98 Å². The first kappa shape index (κ1) is 19.3. The second-order valence-electron chi connectivity index (χ2n) is 6.09. The van der Waals surface area contributed by atoms with Gasteiger partial charge in [-0.3, -0.25) is 9.36 Å². The Morgan fingerprint density at radius 3 is 2.50 bits per heavy atom. The Balaban J connectivity index is 1.63. The number of esters is 1. The summed E-state index contributed by atoms with van der Waals surface area (Å²) in [6, 6.07) is 15.2. The van der Waals surface area contributed by atoms with Crippen LogP contribution in [0.1, 0.15) is 23.0 Å². The predicted octanol–water partition coefficient (Wildman–Crippen LogP) is 3.22. The number of halogens is 1. The maximum absolute atomic E-state index is 13.1. The molecule has 0 unspecified atom stereocenters. The Hall–Kier alpha value is -3.48. The lowest BCUT2D eigenvalue weighted by Gasteiger charge is -2.20. The molecule has 0 bridgehead atoms. The van der Waals surface area contributed by atoms with Gasteiger partial charge in [-0.2, -0.15) is 0 Å². The zero-order valence-corrected chi connectivity index (χ0v) is 15.4. The second-order valence-corrected chi connectivity index (χ2v) is 6.09. The van der Waals surface area contributed by atoms with E-state index >= 15 is 0 Å². The fraction of sp³-hybridized carbons (Fsp3) is 0.190. The predicted molar refractivity (Wildman–Crippen MR) is 101 cm³/mol. The van der Waals surface area contributed by atoms with Crippen LogP contribution in [-0.2, 0) is 16.1 Å². The number of aromatic nitrogens is 2. The number of carbonyl (C=O) groups excluding carboxylic acids is 2. The maximum Gasteiger partial charge on any atom is 0.357 e. The number of likely N-dealkylation sites (N-methyl/N-ethyl adjacent to an activating group) is 1. The number of amides is 1. The number of nitrogens with zero attached hydrogens (tertiary/aromatic N) is 3. The summed E-state index contributed by atoms with van der Waals surface area (Å²) in [5.41, 5.74) is 1.72. The minimum absolute atomic E-state index is 0.158. The molecule has 0 N–H and O–H groups in total. The highest BCUT2D eigenvalue weighted by Crippen LogP contribution is 2.13. The van der Waals surface area contributed by atoms with Crippen molar-refractivity contribution in [3.8, 4) is 5.69 Å². The smallest absolute Gasteiger partial charge is 0.357 e. The summed E-state index contributed by atoms with van der Waals surface area (Å²) >= 11 is 0. The zero-order valence-electron chi connectivity index (χ0n) is 15.4. The van der Waals surface area contributed by atoms with E-state index in [0.717, 1.165) is 5.56 Å². The maximum atomic E-state index is 13.1. The number of benzene rings is 2. The summed E-state index contributed by atoms with van der Waals surface area (Å²) in [6.07, 6.45) is 2.77. The molecule has 144 valence electrons. The van der Waals surface area contributed by atoms with Crippen LogP contribution in [0.4, 0.5) is 4.39 Å². The van der Waals surface area contributed by atoms with Gasteiger partial charge in [0.1, 0.15) is 5.82 Å². The Morgan fingerprint density at radius 2 is 1.82 bits per heavy atom. The van der Waals surface area contributed by atoms with Gasteiger partial charge < -0.3 is 9.64 Å². The van der Waals surface area contributed by atoms with Crippen LogP contribution in [0.2, 0.25) is 0 Å². The highest BCUT2D eigenvalue weighted by Gasteiger charge is 2.19. The Kier molecular flexibility index (Phi) is 6.16. The van der Waals surface area contributed by atoms with E-state index in [4.69, 9.17) is 4.74 Å². The van der Waals surface area contributed by atoms with Crippen molar-refractivity contribution in [2.75, 3.05) is 13.2 Å². The summed E-state index contributed by atoms with van der Waals surface area (Å²) in [5, 5.41) is 0. The molecule has 0 aliphatic rings. The summed E-state index contributed by atoms with van der Waals surface area (Å²) in [5.74, 6) is -1.34. The topological polar surface area (TPSA) is 64.4 Å². The van der Waals surface area contributed by atoms with Gasteiger partial charge in [0.05, 0.1) is 12.5 Å². The van der Waals surface area contributed by atoms with Crippen LogP contribution in [0.15, 0.2) is 67.1 Å². The van der Waals surface area contributed by atoms with E-state index in [1.54, 1.807) is 4.90 Å². The fourth-order valence-corrected chi connectivity index (χ4v) is 2.73. The lowest BCUT2D eigenvalue weighted by Crippen LogP contribution is -2.34. The van der Waals surface area contributed by atoms with Crippen LogP contribution in [0, 0.1) is 5.82 Å². The van der Waals surface area contributed by atoms with Gasteiger partial charge in [0.2, 0.25) is 0 Å². The molecule has 3 rings (SSSR count). The van der Waals surface area contributed by atoms with Crippen LogP contribution in [0.5, 0.6) is 0 Å². The van der Waals surface area contributed by atoms with E-state index in [1.165, 1.54) is 41.4 Å². The highest BCUT2D eigenvalue weighted by molar-refractivity contribution is 5.90. The van der Waals surface area contributed by atoms with Gasteiger partial charge in [-0.25, -0.2) is 14.2 Å². The molecule has 3 aromatic rings. The van der Waals surface area contributed by atoms with Crippen molar-refractivity contribution in [2.24, 2.45) is 0 Å². The van der Waals surface area contributed by atoms with Crippen LogP contribution in [-0.4, -0.2) is 39.5 Å². The van der Waals surface area contributed by atoms with Crippen molar-refractivity contribution in [1.29, 1.82) is 0 Å². The number of imidazole rings is 1. The molecule has 1 amide bonds. The van der Waals surface area contributed by atoms with E-state index in [9.17, 15) is 14.0 Å². The third-order valence-corrected chi connectivity index (χ3v) is 4.23. The number of rotatable bonds is 7. The van der Waals surface area contributed by atoms with Crippen molar-refractivity contribution in [3.63, 3.8) is 0 Å². The molecule has 0 fully saturated rings. The minimum atomic E-state index is -0.675. The first-order valence-corrected chi connectivity index (χ1v) is 8.85. The van der Waals surface area contributed by atoms with E-state index in [0.29, 0.717) is 18.8 Å². The lowest BCUT2D eigenvalue weighted by molar-refractivity contribution is -0.135. The summed E-state index contributed by atoms with van der Waals surface area (Å²) in [7, 11) is 0. The van der Waals surface area contributed by atoms with E-state index in [1.807, 2.05) is 37.3 Å². The van der Waals surface area contributed by atoms with Crippen LogP contribution in [0.25, 0.3) is 5.69 Å². The standard InChI is InChI=1S/C21H20FN3O3/c1-2-24(13-16-6-4-3-5-7-16)20(26)14-28-21(27)19-12-23-15-25(19)18-10-8-17(22)9-11-18/h3-12,15H,2,13-14H2,1H3. The summed E-state index contributed by atoms with van der Waals surface area (Å²) in [6.45, 7) is 2.44. The van der Waals surface area contributed by atoms with E-state index < -0.39 is 5.97 Å². The van der Waals surface area contributed by atoms with Crippen molar-refractivity contribution < 1.29 is 18.7 Å². The number of ether oxygens (including phenoxy) is 1. The molecule has 0 saturated heterocycles. The zero-order chi connectivity index (χ0) is 19.9. The van der Waals surface area contributed by atoms with Crippen LogP contribution in [0.3, 0.4) is 0 Å². The highest BCUT2D eigenvalue weighted by atomic mass is 19.1.